The van der Waals surface area contributed by atoms with E-state index in [-0.39, 0.29) is 6.42 Å². The van der Waals surface area contributed by atoms with Crippen LogP contribution in [0.2, 0.25) is 0 Å². The van der Waals surface area contributed by atoms with Crippen molar-refractivity contribution in [2.24, 2.45) is 0 Å². The van der Waals surface area contributed by atoms with E-state index >= 15 is 0 Å². The summed E-state index contributed by atoms with van der Waals surface area (Å²) in [5.74, 6) is 0.704. The molecule has 5 heteroatoms. The van der Waals surface area contributed by atoms with Gasteiger partial charge in [-0.25, -0.2) is 9.67 Å². The molecule has 0 unspecified atom stereocenters. The van der Waals surface area contributed by atoms with Crippen molar-refractivity contribution in [3.05, 3.63) is 36.2 Å². The van der Waals surface area contributed by atoms with E-state index < -0.39 is 5.97 Å². The third-order valence-electron chi connectivity index (χ3n) is 2.57. The number of carbonyl (C=O) groups is 1. The van der Waals surface area contributed by atoms with Crippen LogP contribution in [0.3, 0.4) is 0 Å². The molecule has 0 radical (unpaired) electrons. The lowest BCUT2D eigenvalue weighted by atomic mass is 10.2. The summed E-state index contributed by atoms with van der Waals surface area (Å²) >= 11 is 0. The third-order valence-corrected chi connectivity index (χ3v) is 2.57. The Hall–Kier alpha value is -2.17. The monoisotopic (exact) mass is 245 g/mol. The largest absolute Gasteiger partial charge is 0.481 e. The van der Waals surface area contributed by atoms with Crippen LogP contribution in [-0.2, 0) is 11.3 Å². The van der Waals surface area contributed by atoms with Gasteiger partial charge in [0.15, 0.2) is 5.82 Å². The van der Waals surface area contributed by atoms with Crippen molar-refractivity contribution in [2.75, 3.05) is 0 Å². The first-order chi connectivity index (χ1) is 8.66. The Balaban J connectivity index is 2.18. The minimum atomic E-state index is -0.784. The molecule has 2 rings (SSSR count). The van der Waals surface area contributed by atoms with Crippen molar-refractivity contribution in [2.45, 2.75) is 26.3 Å². The predicted octanol–water partition coefficient (Wildman–Crippen LogP) is 2.12. The SMILES string of the molecule is Cc1nc(-c2ccccc2)n(CCCC(=O)O)n1. The number of nitrogens with zero attached hydrogens (tertiary/aromatic N) is 3. The third kappa shape index (κ3) is 2.94. The maximum atomic E-state index is 10.5. The molecule has 1 aromatic heterocycles. The zero-order valence-corrected chi connectivity index (χ0v) is 10.2. The van der Waals surface area contributed by atoms with Gasteiger partial charge < -0.3 is 5.11 Å². The zero-order valence-electron chi connectivity index (χ0n) is 10.2. The second-order valence-electron chi connectivity index (χ2n) is 4.07. The summed E-state index contributed by atoms with van der Waals surface area (Å²) in [7, 11) is 0. The Kier molecular flexibility index (Phi) is 3.72. The van der Waals surface area contributed by atoms with Gasteiger partial charge in [0.1, 0.15) is 5.82 Å². The van der Waals surface area contributed by atoms with Gasteiger partial charge in [0.05, 0.1) is 0 Å². The summed E-state index contributed by atoms with van der Waals surface area (Å²) in [6.07, 6.45) is 0.700. The van der Waals surface area contributed by atoms with Crippen molar-refractivity contribution < 1.29 is 9.90 Å². The van der Waals surface area contributed by atoms with Crippen molar-refractivity contribution >= 4 is 5.97 Å². The number of carboxylic acids is 1. The maximum Gasteiger partial charge on any atom is 0.303 e. The molecule has 18 heavy (non-hydrogen) atoms. The van der Waals surface area contributed by atoms with E-state index in [0.717, 1.165) is 11.4 Å². The Morgan fingerprint density at radius 2 is 2.06 bits per heavy atom. The van der Waals surface area contributed by atoms with Gasteiger partial charge >= 0.3 is 5.97 Å². The molecule has 0 amide bonds. The Labute approximate surface area is 105 Å². The van der Waals surface area contributed by atoms with Gasteiger partial charge in [-0.15, -0.1) is 0 Å². The highest BCUT2D eigenvalue weighted by Gasteiger charge is 2.09. The van der Waals surface area contributed by atoms with Gasteiger partial charge in [-0.05, 0) is 13.3 Å². The Morgan fingerprint density at radius 3 is 2.72 bits per heavy atom. The van der Waals surface area contributed by atoms with Gasteiger partial charge in [0.25, 0.3) is 0 Å². The molecule has 0 fully saturated rings. The molecule has 0 saturated carbocycles. The lowest BCUT2D eigenvalue weighted by Crippen LogP contribution is -2.05. The van der Waals surface area contributed by atoms with Crippen molar-refractivity contribution in [3.8, 4) is 11.4 Å². The van der Waals surface area contributed by atoms with Crippen molar-refractivity contribution in [1.29, 1.82) is 0 Å². The number of aryl methyl sites for hydroxylation is 2. The minimum absolute atomic E-state index is 0.146. The van der Waals surface area contributed by atoms with Crippen LogP contribution in [-0.4, -0.2) is 25.8 Å². The van der Waals surface area contributed by atoms with Crippen LogP contribution in [0.25, 0.3) is 11.4 Å². The normalized spacial score (nSPS) is 10.5. The molecule has 5 nitrogen and oxygen atoms in total. The van der Waals surface area contributed by atoms with Gasteiger partial charge in [-0.3, -0.25) is 4.79 Å². The van der Waals surface area contributed by atoms with E-state index in [1.54, 1.807) is 4.68 Å². The van der Waals surface area contributed by atoms with E-state index in [2.05, 4.69) is 10.1 Å². The lowest BCUT2D eigenvalue weighted by Gasteiger charge is -2.04. The highest BCUT2D eigenvalue weighted by atomic mass is 16.4. The van der Waals surface area contributed by atoms with E-state index in [4.69, 9.17) is 5.11 Å². The highest BCUT2D eigenvalue weighted by Crippen LogP contribution is 2.17. The maximum absolute atomic E-state index is 10.5. The fraction of sp³-hybridized carbons (Fsp3) is 0.308. The molecule has 1 N–H and O–H groups in total. The first-order valence-corrected chi connectivity index (χ1v) is 5.85. The summed E-state index contributed by atoms with van der Waals surface area (Å²) in [5.41, 5.74) is 0.994. The van der Waals surface area contributed by atoms with Gasteiger partial charge in [-0.2, -0.15) is 5.10 Å². The molecule has 0 atom stereocenters. The number of hydrogen-bond donors (Lipinski definition) is 1. The summed E-state index contributed by atoms with van der Waals surface area (Å²) in [4.78, 5) is 14.9. The number of carboxylic acid groups (broad SMARTS) is 1. The molecular formula is C13H15N3O2. The first kappa shape index (κ1) is 12.3. The molecule has 0 aliphatic carbocycles. The van der Waals surface area contributed by atoms with Gasteiger partial charge in [-0.1, -0.05) is 30.3 Å². The molecule has 0 bridgehead atoms. The molecule has 2 aromatic rings. The van der Waals surface area contributed by atoms with Crippen LogP contribution in [0.5, 0.6) is 0 Å². The molecule has 94 valence electrons. The van der Waals surface area contributed by atoms with Crippen LogP contribution >= 0.6 is 0 Å². The van der Waals surface area contributed by atoms with Gasteiger partial charge in [0, 0.05) is 18.5 Å². The second kappa shape index (κ2) is 5.44. The predicted molar refractivity (Wildman–Crippen MR) is 67.1 cm³/mol. The number of aliphatic carboxylic acids is 1. The minimum Gasteiger partial charge on any atom is -0.481 e. The molecule has 0 saturated heterocycles. The van der Waals surface area contributed by atoms with Crippen LogP contribution in [0.1, 0.15) is 18.7 Å². The summed E-state index contributed by atoms with van der Waals surface area (Å²) in [6, 6.07) is 9.78. The number of aromatic nitrogens is 3. The van der Waals surface area contributed by atoms with Crippen LogP contribution in [0.15, 0.2) is 30.3 Å². The standard InChI is InChI=1S/C13H15N3O2/c1-10-14-13(11-6-3-2-4-7-11)16(15-10)9-5-8-12(17)18/h2-4,6-7H,5,8-9H2,1H3,(H,17,18). The highest BCUT2D eigenvalue weighted by molar-refractivity contribution is 5.66. The van der Waals surface area contributed by atoms with Crippen molar-refractivity contribution in [3.63, 3.8) is 0 Å². The summed E-state index contributed by atoms with van der Waals surface area (Å²) in [5, 5.41) is 12.9. The molecular weight excluding hydrogens is 230 g/mol. The quantitative estimate of drug-likeness (QED) is 0.876. The van der Waals surface area contributed by atoms with Crippen molar-refractivity contribution in [1.82, 2.24) is 14.8 Å². The smallest absolute Gasteiger partial charge is 0.303 e. The number of benzene rings is 1. The van der Waals surface area contributed by atoms with E-state index in [1.165, 1.54) is 0 Å². The first-order valence-electron chi connectivity index (χ1n) is 5.85. The van der Waals surface area contributed by atoms with E-state index in [9.17, 15) is 4.79 Å². The molecule has 0 aliphatic rings. The zero-order chi connectivity index (χ0) is 13.0. The molecule has 1 heterocycles. The van der Waals surface area contributed by atoms with Crippen LogP contribution in [0.4, 0.5) is 0 Å². The summed E-state index contributed by atoms with van der Waals surface area (Å²) in [6.45, 7) is 2.40. The molecule has 1 aromatic carbocycles. The van der Waals surface area contributed by atoms with E-state index in [0.29, 0.717) is 18.8 Å². The summed E-state index contributed by atoms with van der Waals surface area (Å²) < 4.78 is 1.77. The lowest BCUT2D eigenvalue weighted by molar-refractivity contribution is -0.137. The fourth-order valence-corrected chi connectivity index (χ4v) is 1.79. The molecule has 0 spiro atoms. The van der Waals surface area contributed by atoms with Gasteiger partial charge in [0.2, 0.25) is 0 Å². The van der Waals surface area contributed by atoms with E-state index in [1.807, 2.05) is 37.3 Å². The number of rotatable bonds is 5. The number of hydrogen-bond acceptors (Lipinski definition) is 3. The fourth-order valence-electron chi connectivity index (χ4n) is 1.79. The Morgan fingerprint density at radius 1 is 1.33 bits per heavy atom. The van der Waals surface area contributed by atoms with Crippen LogP contribution in [0, 0.1) is 6.92 Å². The van der Waals surface area contributed by atoms with Crippen LogP contribution < -0.4 is 0 Å². The molecule has 0 aliphatic heterocycles. The second-order valence-corrected chi connectivity index (χ2v) is 4.07. The average Bonchev–Trinajstić information content (AvgIpc) is 2.71. The topological polar surface area (TPSA) is 68.0 Å². The Bertz CT molecular complexity index is 534. The average molecular weight is 245 g/mol.